The molecule has 0 saturated carbocycles. The number of para-hydroxylation sites is 1. The van der Waals surface area contributed by atoms with Gasteiger partial charge in [0.25, 0.3) is 5.91 Å². The van der Waals surface area contributed by atoms with Crippen LogP contribution in [0.3, 0.4) is 0 Å². The average Bonchev–Trinajstić information content (AvgIpc) is 3.28. The molecule has 0 radical (unpaired) electrons. The van der Waals surface area contributed by atoms with Crippen molar-refractivity contribution in [1.82, 2.24) is 39.9 Å². The van der Waals surface area contributed by atoms with Crippen LogP contribution in [-0.4, -0.2) is 40.5 Å². The van der Waals surface area contributed by atoms with Gasteiger partial charge < -0.3 is 5.32 Å². The Morgan fingerprint density at radius 1 is 1.08 bits per heavy atom. The van der Waals surface area contributed by atoms with Gasteiger partial charge in [-0.25, -0.2) is 9.67 Å². The summed E-state index contributed by atoms with van der Waals surface area (Å²) in [5.74, 6) is 0.232. The van der Waals surface area contributed by atoms with Crippen molar-refractivity contribution < 1.29 is 4.79 Å². The summed E-state index contributed by atoms with van der Waals surface area (Å²) in [5.41, 5.74) is 2.29. The lowest BCUT2D eigenvalue weighted by atomic mass is 10.3. The second-order valence-electron chi connectivity index (χ2n) is 5.39. The summed E-state index contributed by atoms with van der Waals surface area (Å²) in [6, 6.07) is 13.1. The Labute approximate surface area is 142 Å². The number of hydrogen-bond acceptors (Lipinski definition) is 6. The molecule has 25 heavy (non-hydrogen) atoms. The zero-order chi connectivity index (χ0) is 17.2. The van der Waals surface area contributed by atoms with E-state index in [1.165, 1.54) is 6.33 Å². The number of nitrogens with zero attached hydrogens (tertiary/aromatic N) is 7. The molecule has 0 aliphatic heterocycles. The lowest BCUT2D eigenvalue weighted by Gasteiger charge is -2.02. The van der Waals surface area contributed by atoms with Crippen molar-refractivity contribution in [3.63, 3.8) is 0 Å². The zero-order valence-electron chi connectivity index (χ0n) is 13.4. The third kappa shape index (κ3) is 2.94. The van der Waals surface area contributed by atoms with Gasteiger partial charge in [-0.2, -0.15) is 9.61 Å². The van der Waals surface area contributed by atoms with Crippen LogP contribution in [0.5, 0.6) is 0 Å². The summed E-state index contributed by atoms with van der Waals surface area (Å²) in [6.07, 6.45) is 1.50. The van der Waals surface area contributed by atoms with Crippen LogP contribution in [0.15, 0.2) is 48.8 Å². The van der Waals surface area contributed by atoms with E-state index in [-0.39, 0.29) is 18.3 Å². The Kier molecular flexibility index (Phi) is 3.65. The molecule has 1 aromatic carbocycles. The number of carbonyl (C=O) groups is 1. The van der Waals surface area contributed by atoms with Crippen molar-refractivity contribution in [2.75, 3.05) is 0 Å². The fourth-order valence-electron chi connectivity index (χ4n) is 2.35. The largest absolute Gasteiger partial charge is 0.342 e. The van der Waals surface area contributed by atoms with E-state index in [0.717, 1.165) is 11.4 Å². The molecule has 1 amide bonds. The van der Waals surface area contributed by atoms with Crippen molar-refractivity contribution in [2.45, 2.75) is 13.5 Å². The van der Waals surface area contributed by atoms with Gasteiger partial charge in [0.05, 0.1) is 17.9 Å². The van der Waals surface area contributed by atoms with Gasteiger partial charge in [-0.3, -0.25) is 4.79 Å². The minimum Gasteiger partial charge on any atom is -0.342 e. The molecule has 0 spiro atoms. The Morgan fingerprint density at radius 3 is 2.76 bits per heavy atom. The predicted octanol–water partition coefficient (Wildman–Crippen LogP) is 0.943. The van der Waals surface area contributed by atoms with Gasteiger partial charge in [0.2, 0.25) is 5.82 Å². The topological polar surface area (TPSA) is 103 Å². The van der Waals surface area contributed by atoms with Crippen molar-refractivity contribution in [1.29, 1.82) is 0 Å². The maximum Gasteiger partial charge on any atom is 0.291 e. The summed E-state index contributed by atoms with van der Waals surface area (Å²) in [6.45, 7) is 2.05. The minimum absolute atomic E-state index is 0.0850. The standard InChI is InChI=1S/C16H14N8O/c1-11-7-8-13-19-20-14(24(13)21-11)9-17-16(25)15-18-10-23(22-15)12-5-3-2-4-6-12/h2-8,10H,9H2,1H3,(H,17,25). The number of nitrogens with one attached hydrogen (secondary N) is 1. The molecule has 0 unspecified atom stereocenters. The summed E-state index contributed by atoms with van der Waals surface area (Å²) >= 11 is 0. The molecule has 124 valence electrons. The van der Waals surface area contributed by atoms with Gasteiger partial charge in [0.1, 0.15) is 6.33 Å². The SMILES string of the molecule is Cc1ccc2nnc(CNC(=O)c3ncn(-c4ccccc4)n3)n2n1. The molecule has 4 aromatic rings. The van der Waals surface area contributed by atoms with E-state index in [2.05, 4.69) is 30.7 Å². The zero-order valence-corrected chi connectivity index (χ0v) is 13.4. The Balaban J connectivity index is 1.49. The number of aromatic nitrogens is 7. The van der Waals surface area contributed by atoms with Crippen molar-refractivity contribution >= 4 is 11.6 Å². The lowest BCUT2D eigenvalue weighted by Crippen LogP contribution is -2.25. The Morgan fingerprint density at radius 2 is 1.92 bits per heavy atom. The number of rotatable bonds is 4. The summed E-state index contributed by atoms with van der Waals surface area (Å²) in [4.78, 5) is 16.3. The molecule has 3 heterocycles. The van der Waals surface area contributed by atoms with E-state index in [4.69, 9.17) is 0 Å². The second-order valence-corrected chi connectivity index (χ2v) is 5.39. The fourth-order valence-corrected chi connectivity index (χ4v) is 2.35. The molecule has 4 rings (SSSR count). The van der Waals surface area contributed by atoms with Gasteiger partial charge in [0, 0.05) is 0 Å². The summed E-state index contributed by atoms with van der Waals surface area (Å²) < 4.78 is 3.15. The minimum atomic E-state index is -0.390. The first-order valence-corrected chi connectivity index (χ1v) is 7.64. The highest BCUT2D eigenvalue weighted by atomic mass is 16.2. The Hall–Kier alpha value is -3.62. The highest BCUT2D eigenvalue weighted by Gasteiger charge is 2.14. The Bertz CT molecular complexity index is 1040. The number of fused-ring (bicyclic) bond motifs is 1. The number of hydrogen-bond donors (Lipinski definition) is 1. The van der Waals surface area contributed by atoms with Crippen LogP contribution < -0.4 is 5.32 Å². The summed E-state index contributed by atoms with van der Waals surface area (Å²) in [5, 5.41) is 19.3. The van der Waals surface area contributed by atoms with E-state index >= 15 is 0 Å². The predicted molar refractivity (Wildman–Crippen MR) is 88.0 cm³/mol. The van der Waals surface area contributed by atoms with Gasteiger partial charge in [0.15, 0.2) is 11.5 Å². The quantitative estimate of drug-likeness (QED) is 0.596. The molecule has 9 nitrogen and oxygen atoms in total. The number of aryl methyl sites for hydroxylation is 1. The molecule has 0 saturated heterocycles. The van der Waals surface area contributed by atoms with Crippen LogP contribution in [0.25, 0.3) is 11.3 Å². The van der Waals surface area contributed by atoms with Crippen LogP contribution >= 0.6 is 0 Å². The van der Waals surface area contributed by atoms with E-state index < -0.39 is 0 Å². The lowest BCUT2D eigenvalue weighted by molar-refractivity contribution is 0.0939. The normalized spacial score (nSPS) is 10.9. The van der Waals surface area contributed by atoms with Gasteiger partial charge >= 0.3 is 0 Å². The fraction of sp³-hybridized carbons (Fsp3) is 0.125. The molecule has 0 atom stereocenters. The maximum atomic E-state index is 12.3. The maximum absolute atomic E-state index is 12.3. The molecule has 0 aliphatic carbocycles. The first kappa shape index (κ1) is 14.9. The van der Waals surface area contributed by atoms with Crippen molar-refractivity contribution in [3.05, 3.63) is 66.1 Å². The van der Waals surface area contributed by atoms with Gasteiger partial charge in [-0.15, -0.1) is 15.3 Å². The molecule has 1 N–H and O–H groups in total. The van der Waals surface area contributed by atoms with E-state index in [1.54, 1.807) is 9.20 Å². The highest BCUT2D eigenvalue weighted by Crippen LogP contribution is 2.05. The average molecular weight is 334 g/mol. The molecule has 9 heteroatoms. The van der Waals surface area contributed by atoms with Crippen LogP contribution in [0.4, 0.5) is 0 Å². The third-order valence-electron chi connectivity index (χ3n) is 3.58. The number of benzene rings is 1. The third-order valence-corrected chi connectivity index (χ3v) is 3.58. The first-order valence-electron chi connectivity index (χ1n) is 7.64. The van der Waals surface area contributed by atoms with E-state index in [1.807, 2.05) is 49.4 Å². The van der Waals surface area contributed by atoms with Crippen LogP contribution in [0, 0.1) is 6.92 Å². The van der Waals surface area contributed by atoms with Crippen molar-refractivity contribution in [2.24, 2.45) is 0 Å². The molecule has 0 bridgehead atoms. The summed E-state index contributed by atoms with van der Waals surface area (Å²) in [7, 11) is 0. The molecule has 0 fully saturated rings. The molecular formula is C16H14N8O. The molecular weight excluding hydrogens is 320 g/mol. The van der Waals surface area contributed by atoms with Crippen LogP contribution in [0.2, 0.25) is 0 Å². The van der Waals surface area contributed by atoms with E-state index in [9.17, 15) is 4.79 Å². The number of amides is 1. The highest BCUT2D eigenvalue weighted by molar-refractivity contribution is 5.90. The second kappa shape index (κ2) is 6.11. The van der Waals surface area contributed by atoms with Gasteiger partial charge in [-0.05, 0) is 31.2 Å². The molecule has 0 aliphatic rings. The van der Waals surface area contributed by atoms with Crippen LogP contribution in [-0.2, 0) is 6.54 Å². The van der Waals surface area contributed by atoms with Gasteiger partial charge in [-0.1, -0.05) is 18.2 Å². The van der Waals surface area contributed by atoms with Crippen LogP contribution in [0.1, 0.15) is 22.1 Å². The monoisotopic (exact) mass is 334 g/mol. The van der Waals surface area contributed by atoms with Crippen molar-refractivity contribution in [3.8, 4) is 5.69 Å². The number of carbonyl (C=O) groups excluding carboxylic acids is 1. The smallest absolute Gasteiger partial charge is 0.291 e. The molecule has 3 aromatic heterocycles. The van der Waals surface area contributed by atoms with E-state index in [0.29, 0.717) is 11.5 Å². The first-order chi connectivity index (χ1) is 12.2.